The molecule has 17 heavy (non-hydrogen) atoms. The summed E-state index contributed by atoms with van der Waals surface area (Å²) >= 11 is 0. The van der Waals surface area contributed by atoms with Crippen LogP contribution in [0.3, 0.4) is 0 Å². The Morgan fingerprint density at radius 2 is 2.06 bits per heavy atom. The molecule has 2 aromatic carbocycles. The fourth-order valence-corrected chi connectivity index (χ4v) is 2.06. The number of carboxylic acids is 1. The second kappa shape index (κ2) is 5.00. The van der Waals surface area contributed by atoms with E-state index in [1.165, 1.54) is 18.4 Å². The van der Waals surface area contributed by atoms with Crippen LogP contribution in [0.25, 0.3) is 10.8 Å². The maximum atomic E-state index is 11.1. The molecule has 0 saturated carbocycles. The van der Waals surface area contributed by atoms with Crippen LogP contribution < -0.4 is 0 Å². The first-order valence-corrected chi connectivity index (χ1v) is 5.97. The van der Waals surface area contributed by atoms with Gasteiger partial charge in [0.2, 0.25) is 0 Å². The molecule has 0 atom stereocenters. The van der Waals surface area contributed by atoms with Gasteiger partial charge >= 0.3 is 5.97 Å². The standard InChI is InChI=1S/C15H16O2/c1-2-3-5-11-8-9-13-12(10-11)6-4-7-14(13)15(16)17/h4,6-10H,2-3,5H2,1H3,(H,16,17). The topological polar surface area (TPSA) is 37.3 Å². The molecule has 2 heteroatoms. The lowest BCUT2D eigenvalue weighted by Crippen LogP contribution is -1.97. The molecule has 88 valence electrons. The van der Waals surface area contributed by atoms with Gasteiger partial charge in [-0.15, -0.1) is 0 Å². The number of aromatic carboxylic acids is 1. The molecule has 0 saturated heterocycles. The van der Waals surface area contributed by atoms with Gasteiger partial charge in [0, 0.05) is 0 Å². The number of rotatable bonds is 4. The lowest BCUT2D eigenvalue weighted by molar-refractivity contribution is 0.0699. The van der Waals surface area contributed by atoms with E-state index in [0.717, 1.165) is 17.2 Å². The van der Waals surface area contributed by atoms with Crippen LogP contribution in [0.5, 0.6) is 0 Å². The van der Waals surface area contributed by atoms with Gasteiger partial charge in [0.25, 0.3) is 0 Å². The third-order valence-electron chi connectivity index (χ3n) is 2.99. The van der Waals surface area contributed by atoms with Crippen molar-refractivity contribution in [1.82, 2.24) is 0 Å². The molecule has 2 nitrogen and oxygen atoms in total. The molecule has 1 N–H and O–H groups in total. The van der Waals surface area contributed by atoms with Crippen molar-refractivity contribution >= 4 is 16.7 Å². The molecular weight excluding hydrogens is 212 g/mol. The van der Waals surface area contributed by atoms with E-state index in [-0.39, 0.29) is 0 Å². The van der Waals surface area contributed by atoms with Crippen LogP contribution in [0.2, 0.25) is 0 Å². The summed E-state index contributed by atoms with van der Waals surface area (Å²) < 4.78 is 0. The van der Waals surface area contributed by atoms with E-state index in [4.69, 9.17) is 5.11 Å². The normalized spacial score (nSPS) is 10.6. The number of fused-ring (bicyclic) bond motifs is 1. The summed E-state index contributed by atoms with van der Waals surface area (Å²) in [6.45, 7) is 2.17. The van der Waals surface area contributed by atoms with Crippen molar-refractivity contribution in [3.05, 3.63) is 47.5 Å². The Morgan fingerprint density at radius 1 is 1.24 bits per heavy atom. The van der Waals surface area contributed by atoms with Gasteiger partial charge in [0.05, 0.1) is 5.56 Å². The van der Waals surface area contributed by atoms with Crippen molar-refractivity contribution in [2.45, 2.75) is 26.2 Å². The average molecular weight is 228 g/mol. The first-order valence-electron chi connectivity index (χ1n) is 5.97. The predicted molar refractivity (Wildman–Crippen MR) is 69.5 cm³/mol. The highest BCUT2D eigenvalue weighted by Gasteiger charge is 2.07. The Kier molecular flexibility index (Phi) is 3.43. The van der Waals surface area contributed by atoms with Gasteiger partial charge in [0.1, 0.15) is 0 Å². The van der Waals surface area contributed by atoms with Crippen LogP contribution in [0.15, 0.2) is 36.4 Å². The molecule has 0 radical (unpaired) electrons. The minimum absolute atomic E-state index is 0.379. The van der Waals surface area contributed by atoms with Crippen LogP contribution in [0.4, 0.5) is 0 Å². The Balaban J connectivity index is 2.45. The highest BCUT2D eigenvalue weighted by atomic mass is 16.4. The molecule has 0 amide bonds. The Hall–Kier alpha value is -1.83. The summed E-state index contributed by atoms with van der Waals surface area (Å²) in [5, 5.41) is 10.9. The van der Waals surface area contributed by atoms with Crippen LogP contribution in [-0.4, -0.2) is 11.1 Å². The number of unbranched alkanes of at least 4 members (excludes halogenated alkanes) is 1. The van der Waals surface area contributed by atoms with Gasteiger partial charge in [0.15, 0.2) is 0 Å². The van der Waals surface area contributed by atoms with Crippen LogP contribution >= 0.6 is 0 Å². The Morgan fingerprint density at radius 3 is 2.76 bits per heavy atom. The zero-order valence-electron chi connectivity index (χ0n) is 9.94. The Labute approximate surface area is 101 Å². The van der Waals surface area contributed by atoms with Crippen molar-refractivity contribution in [3.63, 3.8) is 0 Å². The lowest BCUT2D eigenvalue weighted by Gasteiger charge is -2.05. The van der Waals surface area contributed by atoms with E-state index in [1.54, 1.807) is 12.1 Å². The molecule has 0 unspecified atom stereocenters. The van der Waals surface area contributed by atoms with E-state index in [2.05, 4.69) is 13.0 Å². The van der Waals surface area contributed by atoms with Gasteiger partial charge in [-0.25, -0.2) is 4.79 Å². The molecular formula is C15H16O2. The molecule has 2 aromatic rings. The largest absolute Gasteiger partial charge is 0.478 e. The summed E-state index contributed by atoms with van der Waals surface area (Å²) in [4.78, 5) is 11.1. The molecule has 0 aliphatic rings. The lowest BCUT2D eigenvalue weighted by atomic mass is 10.00. The number of carbonyl (C=O) groups is 1. The van der Waals surface area contributed by atoms with Gasteiger partial charge in [-0.05, 0) is 35.2 Å². The zero-order valence-corrected chi connectivity index (χ0v) is 9.94. The van der Waals surface area contributed by atoms with E-state index < -0.39 is 5.97 Å². The van der Waals surface area contributed by atoms with E-state index >= 15 is 0 Å². The monoisotopic (exact) mass is 228 g/mol. The molecule has 0 spiro atoms. The zero-order chi connectivity index (χ0) is 12.3. The molecule has 0 bridgehead atoms. The van der Waals surface area contributed by atoms with Crippen molar-refractivity contribution in [3.8, 4) is 0 Å². The quantitative estimate of drug-likeness (QED) is 0.862. The molecule has 2 rings (SSSR count). The molecule has 0 aromatic heterocycles. The second-order valence-corrected chi connectivity index (χ2v) is 4.27. The Bertz CT molecular complexity index is 544. The SMILES string of the molecule is CCCCc1ccc2c(C(=O)O)cccc2c1. The van der Waals surface area contributed by atoms with E-state index in [9.17, 15) is 4.79 Å². The number of hydrogen-bond acceptors (Lipinski definition) is 1. The fraction of sp³-hybridized carbons (Fsp3) is 0.267. The average Bonchev–Trinajstić information content (AvgIpc) is 2.35. The van der Waals surface area contributed by atoms with Crippen LogP contribution in [-0.2, 0) is 6.42 Å². The summed E-state index contributed by atoms with van der Waals surface area (Å²) in [7, 11) is 0. The van der Waals surface area contributed by atoms with Crippen LogP contribution in [0.1, 0.15) is 35.7 Å². The van der Waals surface area contributed by atoms with Crippen molar-refractivity contribution in [1.29, 1.82) is 0 Å². The number of carboxylic acid groups (broad SMARTS) is 1. The van der Waals surface area contributed by atoms with Gasteiger partial charge < -0.3 is 5.11 Å². The molecule has 0 aliphatic heterocycles. The summed E-state index contributed by atoms with van der Waals surface area (Å²) in [6.07, 6.45) is 3.40. The van der Waals surface area contributed by atoms with Crippen molar-refractivity contribution < 1.29 is 9.90 Å². The molecule has 0 aliphatic carbocycles. The van der Waals surface area contributed by atoms with E-state index in [1.807, 2.05) is 18.2 Å². The summed E-state index contributed by atoms with van der Waals surface area (Å²) in [6, 6.07) is 11.5. The van der Waals surface area contributed by atoms with E-state index in [0.29, 0.717) is 5.56 Å². The van der Waals surface area contributed by atoms with Gasteiger partial charge in [-0.3, -0.25) is 0 Å². The van der Waals surface area contributed by atoms with Crippen molar-refractivity contribution in [2.75, 3.05) is 0 Å². The maximum Gasteiger partial charge on any atom is 0.336 e. The highest BCUT2D eigenvalue weighted by Crippen LogP contribution is 2.21. The van der Waals surface area contributed by atoms with Crippen molar-refractivity contribution in [2.24, 2.45) is 0 Å². The van der Waals surface area contributed by atoms with Gasteiger partial charge in [-0.1, -0.05) is 43.7 Å². The first-order chi connectivity index (χ1) is 8.22. The third-order valence-corrected chi connectivity index (χ3v) is 2.99. The third kappa shape index (κ3) is 2.47. The summed E-state index contributed by atoms with van der Waals surface area (Å²) in [5.74, 6) is -0.864. The highest BCUT2D eigenvalue weighted by molar-refractivity contribution is 6.03. The van der Waals surface area contributed by atoms with Gasteiger partial charge in [-0.2, -0.15) is 0 Å². The molecule has 0 fully saturated rings. The fourth-order valence-electron chi connectivity index (χ4n) is 2.06. The maximum absolute atomic E-state index is 11.1. The first kappa shape index (κ1) is 11.6. The minimum atomic E-state index is -0.864. The predicted octanol–water partition coefficient (Wildman–Crippen LogP) is 3.88. The minimum Gasteiger partial charge on any atom is -0.478 e. The number of aryl methyl sites for hydroxylation is 1. The number of benzene rings is 2. The smallest absolute Gasteiger partial charge is 0.336 e. The molecule has 0 heterocycles. The van der Waals surface area contributed by atoms with Crippen LogP contribution in [0, 0.1) is 0 Å². The second-order valence-electron chi connectivity index (χ2n) is 4.27. The number of hydrogen-bond donors (Lipinski definition) is 1. The summed E-state index contributed by atoms with van der Waals surface area (Å²) in [5.41, 5.74) is 1.66.